The molecule has 1 aromatic heterocycles. The van der Waals surface area contributed by atoms with Crippen molar-refractivity contribution in [1.82, 2.24) is 0 Å². The first-order valence-electron chi connectivity index (χ1n) is 6.06. The molecule has 0 aromatic carbocycles. The second-order valence-electron chi connectivity index (χ2n) is 4.49. The fraction of sp³-hybridized carbons (Fsp3) is 0.615. The van der Waals surface area contributed by atoms with Gasteiger partial charge in [-0.2, -0.15) is 4.73 Å². The molecule has 0 atom stereocenters. The maximum absolute atomic E-state index is 11.6. The van der Waals surface area contributed by atoms with Crippen LogP contribution in [-0.2, 0) is 0 Å². The summed E-state index contributed by atoms with van der Waals surface area (Å²) in [6.45, 7) is 0. The van der Waals surface area contributed by atoms with Gasteiger partial charge in [0.1, 0.15) is 0 Å². The molecule has 2 nitrogen and oxygen atoms in total. The molecule has 0 N–H and O–H groups in total. The number of hydrogen-bond acceptors (Lipinski definition) is 1. The SMILES string of the molecule is [O-][n+]1ccccc1C1CCCCCCC1. The predicted octanol–water partition coefficient (Wildman–Crippen LogP) is 3.15. The van der Waals surface area contributed by atoms with E-state index < -0.39 is 0 Å². The second kappa shape index (κ2) is 5.15. The van der Waals surface area contributed by atoms with Crippen LogP contribution in [0.25, 0.3) is 0 Å². The fourth-order valence-electron chi connectivity index (χ4n) is 2.51. The number of nitrogens with zero attached hydrogens (tertiary/aromatic N) is 1. The van der Waals surface area contributed by atoms with Crippen molar-refractivity contribution in [1.29, 1.82) is 0 Å². The highest BCUT2D eigenvalue weighted by molar-refractivity contribution is 5.04. The standard InChI is InChI=1S/C13H19NO/c15-14-11-7-6-10-13(14)12-8-4-2-1-3-5-9-12/h6-7,10-12H,1-5,8-9H2. The molecule has 15 heavy (non-hydrogen) atoms. The van der Waals surface area contributed by atoms with E-state index in [4.69, 9.17) is 0 Å². The number of hydrogen-bond donors (Lipinski definition) is 0. The topological polar surface area (TPSA) is 26.9 Å². The molecule has 0 unspecified atom stereocenters. The molecule has 82 valence electrons. The summed E-state index contributed by atoms with van der Waals surface area (Å²) in [4.78, 5) is 0. The van der Waals surface area contributed by atoms with Crippen molar-refractivity contribution in [2.24, 2.45) is 0 Å². The van der Waals surface area contributed by atoms with Crippen LogP contribution in [0.4, 0.5) is 0 Å². The Kier molecular flexibility index (Phi) is 3.59. The molecule has 0 amide bonds. The minimum atomic E-state index is 0.490. The Morgan fingerprint density at radius 1 is 1.00 bits per heavy atom. The summed E-state index contributed by atoms with van der Waals surface area (Å²) in [5.74, 6) is 0.490. The Hall–Kier alpha value is -1.05. The van der Waals surface area contributed by atoms with Gasteiger partial charge in [0.05, 0.1) is 0 Å². The van der Waals surface area contributed by atoms with Crippen molar-refractivity contribution < 1.29 is 4.73 Å². The van der Waals surface area contributed by atoms with E-state index in [-0.39, 0.29) is 0 Å². The first-order chi connectivity index (χ1) is 7.38. The van der Waals surface area contributed by atoms with Gasteiger partial charge in [-0.1, -0.05) is 38.2 Å². The third kappa shape index (κ3) is 2.71. The van der Waals surface area contributed by atoms with Crippen LogP contribution < -0.4 is 4.73 Å². The zero-order valence-electron chi connectivity index (χ0n) is 9.19. The lowest BCUT2D eigenvalue weighted by molar-refractivity contribution is -0.615. The van der Waals surface area contributed by atoms with Crippen LogP contribution >= 0.6 is 0 Å². The Morgan fingerprint density at radius 3 is 2.33 bits per heavy atom. The highest BCUT2D eigenvalue weighted by Crippen LogP contribution is 2.28. The van der Waals surface area contributed by atoms with Crippen molar-refractivity contribution in [3.63, 3.8) is 0 Å². The van der Waals surface area contributed by atoms with Gasteiger partial charge in [0.15, 0.2) is 11.9 Å². The molecular formula is C13H19NO. The van der Waals surface area contributed by atoms with Crippen LogP contribution in [0, 0.1) is 5.21 Å². The molecule has 0 bridgehead atoms. The van der Waals surface area contributed by atoms with Gasteiger partial charge < -0.3 is 5.21 Å². The molecule has 1 fully saturated rings. The molecule has 0 saturated heterocycles. The molecule has 0 spiro atoms. The molecule has 1 aliphatic rings. The molecular weight excluding hydrogens is 186 g/mol. The predicted molar refractivity (Wildman–Crippen MR) is 60.5 cm³/mol. The van der Waals surface area contributed by atoms with E-state index in [0.29, 0.717) is 5.92 Å². The Labute approximate surface area is 91.5 Å². The first-order valence-corrected chi connectivity index (χ1v) is 6.06. The lowest BCUT2D eigenvalue weighted by Gasteiger charge is -2.18. The third-order valence-corrected chi connectivity index (χ3v) is 3.38. The average Bonchev–Trinajstić information content (AvgIpc) is 2.19. The lowest BCUT2D eigenvalue weighted by atomic mass is 9.88. The second-order valence-corrected chi connectivity index (χ2v) is 4.49. The Morgan fingerprint density at radius 2 is 1.67 bits per heavy atom. The summed E-state index contributed by atoms with van der Waals surface area (Å²) in [6.07, 6.45) is 10.6. The maximum atomic E-state index is 11.6. The van der Waals surface area contributed by atoms with Crippen molar-refractivity contribution in [3.8, 4) is 0 Å². The van der Waals surface area contributed by atoms with E-state index in [0.717, 1.165) is 10.4 Å². The van der Waals surface area contributed by atoms with Gasteiger partial charge in [0, 0.05) is 18.1 Å². The van der Waals surface area contributed by atoms with E-state index in [2.05, 4.69) is 0 Å². The lowest BCUT2D eigenvalue weighted by Crippen LogP contribution is -2.32. The average molecular weight is 205 g/mol. The summed E-state index contributed by atoms with van der Waals surface area (Å²) < 4.78 is 1.05. The summed E-state index contributed by atoms with van der Waals surface area (Å²) in [6, 6.07) is 5.77. The zero-order valence-corrected chi connectivity index (χ0v) is 9.19. The van der Waals surface area contributed by atoms with Crippen molar-refractivity contribution >= 4 is 0 Å². The van der Waals surface area contributed by atoms with Crippen LogP contribution in [0.2, 0.25) is 0 Å². The van der Waals surface area contributed by atoms with Gasteiger partial charge in [0.2, 0.25) is 0 Å². The summed E-state index contributed by atoms with van der Waals surface area (Å²) in [7, 11) is 0. The van der Waals surface area contributed by atoms with E-state index in [1.807, 2.05) is 12.1 Å². The highest BCUT2D eigenvalue weighted by atomic mass is 16.5. The molecule has 1 saturated carbocycles. The van der Waals surface area contributed by atoms with Crippen molar-refractivity contribution in [3.05, 3.63) is 35.3 Å². The number of aromatic nitrogens is 1. The van der Waals surface area contributed by atoms with E-state index >= 15 is 0 Å². The van der Waals surface area contributed by atoms with Gasteiger partial charge in [-0.05, 0) is 12.8 Å². The van der Waals surface area contributed by atoms with Gasteiger partial charge in [-0.25, -0.2) is 0 Å². The third-order valence-electron chi connectivity index (χ3n) is 3.38. The minimum absolute atomic E-state index is 0.490. The molecule has 2 heteroatoms. The van der Waals surface area contributed by atoms with Crippen LogP contribution in [0.3, 0.4) is 0 Å². The smallest absolute Gasteiger partial charge is 0.195 e. The first kappa shape index (κ1) is 10.5. The summed E-state index contributed by atoms with van der Waals surface area (Å²) in [5.41, 5.74) is 0.972. The van der Waals surface area contributed by atoms with Crippen LogP contribution in [0.15, 0.2) is 24.4 Å². The zero-order chi connectivity index (χ0) is 10.5. The van der Waals surface area contributed by atoms with E-state index in [1.54, 1.807) is 12.3 Å². The van der Waals surface area contributed by atoms with E-state index in [9.17, 15) is 5.21 Å². The van der Waals surface area contributed by atoms with Gasteiger partial charge >= 0.3 is 0 Å². The Bertz CT molecular complexity index is 303. The highest BCUT2D eigenvalue weighted by Gasteiger charge is 2.19. The van der Waals surface area contributed by atoms with Crippen LogP contribution in [0.5, 0.6) is 0 Å². The quantitative estimate of drug-likeness (QED) is 0.511. The largest absolute Gasteiger partial charge is 0.618 e. The van der Waals surface area contributed by atoms with Crippen molar-refractivity contribution in [2.75, 3.05) is 0 Å². The normalized spacial score (nSPS) is 19.5. The maximum Gasteiger partial charge on any atom is 0.195 e. The Balaban J connectivity index is 2.10. The summed E-state index contributed by atoms with van der Waals surface area (Å²) in [5, 5.41) is 11.6. The van der Waals surface area contributed by atoms with Gasteiger partial charge in [0.25, 0.3) is 0 Å². The molecule has 1 aliphatic carbocycles. The minimum Gasteiger partial charge on any atom is -0.618 e. The van der Waals surface area contributed by atoms with Crippen molar-refractivity contribution in [2.45, 2.75) is 50.9 Å². The monoisotopic (exact) mass is 205 g/mol. The molecule has 0 aliphatic heterocycles. The van der Waals surface area contributed by atoms with Crippen LogP contribution in [0.1, 0.15) is 56.6 Å². The molecule has 2 rings (SSSR count). The number of pyridine rings is 1. The van der Waals surface area contributed by atoms with Gasteiger partial charge in [-0.15, -0.1) is 0 Å². The molecule has 0 radical (unpaired) electrons. The summed E-state index contributed by atoms with van der Waals surface area (Å²) >= 11 is 0. The number of rotatable bonds is 1. The van der Waals surface area contributed by atoms with E-state index in [1.165, 1.54) is 44.9 Å². The van der Waals surface area contributed by atoms with Crippen LogP contribution in [-0.4, -0.2) is 0 Å². The molecule has 1 aromatic rings. The molecule has 1 heterocycles. The van der Waals surface area contributed by atoms with Gasteiger partial charge in [-0.3, -0.25) is 0 Å². The fourth-order valence-corrected chi connectivity index (χ4v) is 2.51.